The number of rotatable bonds is 17. The van der Waals surface area contributed by atoms with Crippen molar-refractivity contribution in [3.8, 4) is 5.75 Å². The maximum Gasteiger partial charge on any atom is 0.307 e. The lowest BCUT2D eigenvalue weighted by Gasteiger charge is -2.25. The predicted octanol–water partition coefficient (Wildman–Crippen LogP) is 4.42. The van der Waals surface area contributed by atoms with Gasteiger partial charge in [0.1, 0.15) is 11.9 Å². The number of methoxy groups -OCH3 is 1. The van der Waals surface area contributed by atoms with E-state index in [4.69, 9.17) is 38.4 Å². The average Bonchev–Trinajstić information content (AvgIpc) is 2.86. The fourth-order valence-corrected chi connectivity index (χ4v) is 6.19. The molecule has 0 amide bonds. The Balaban J connectivity index is 2.08. The number of carbonyl (C=O) groups is 1. The maximum absolute atomic E-state index is 12.8. The van der Waals surface area contributed by atoms with Crippen LogP contribution in [0.2, 0.25) is 10.0 Å². The molecule has 0 bridgehead atoms. The summed E-state index contributed by atoms with van der Waals surface area (Å²) in [5, 5.41) is 4.25. The van der Waals surface area contributed by atoms with Crippen molar-refractivity contribution >= 4 is 39.2 Å². The van der Waals surface area contributed by atoms with Gasteiger partial charge in [-0.25, -0.2) is 12.7 Å². The molecule has 2 aromatic rings. The van der Waals surface area contributed by atoms with Crippen molar-refractivity contribution in [2.45, 2.75) is 58.2 Å². The minimum Gasteiger partial charge on any atom is -0.497 e. The molecule has 212 valence electrons. The van der Waals surface area contributed by atoms with Gasteiger partial charge in [0.15, 0.2) is 0 Å². The van der Waals surface area contributed by atoms with Crippen molar-refractivity contribution in [2.75, 3.05) is 32.5 Å². The minimum absolute atomic E-state index is 0.256. The van der Waals surface area contributed by atoms with Crippen molar-refractivity contribution in [1.29, 1.82) is 0 Å². The number of hydrogen-bond acceptors (Lipinski definition) is 7. The second-order valence-electron chi connectivity index (χ2n) is 9.12. The monoisotopic (exact) mass is 587 g/mol. The largest absolute Gasteiger partial charge is 0.497 e. The van der Waals surface area contributed by atoms with Crippen LogP contribution in [-0.2, 0) is 32.5 Å². The lowest BCUT2D eigenvalue weighted by atomic mass is 10.0. The normalized spacial score (nSPS) is 13.3. The third kappa shape index (κ3) is 11.1. The topological polar surface area (TPSA) is 111 Å². The van der Waals surface area contributed by atoms with Crippen LogP contribution in [0.3, 0.4) is 0 Å². The molecule has 8 nitrogen and oxygen atoms in total. The zero-order valence-corrected chi connectivity index (χ0v) is 24.6. The highest BCUT2D eigenvalue weighted by Gasteiger charge is 2.26. The molecule has 0 spiro atoms. The smallest absolute Gasteiger partial charge is 0.307 e. The van der Waals surface area contributed by atoms with Crippen LogP contribution in [0.4, 0.5) is 0 Å². The summed E-state index contributed by atoms with van der Waals surface area (Å²) in [4.78, 5) is 12.8. The SMILES string of the molecule is CCCN(CCC)S(=O)(=O)CCC(=O)OC(CNCc1cccc(OC)c1)C(N)Cc1cc(Cl)cc(Cl)c1. The molecule has 0 fully saturated rings. The first-order chi connectivity index (χ1) is 18.1. The van der Waals surface area contributed by atoms with Gasteiger partial charge in [-0.3, -0.25) is 4.79 Å². The highest BCUT2D eigenvalue weighted by molar-refractivity contribution is 7.89. The fraction of sp³-hybridized carbons (Fsp3) is 0.519. The number of sulfonamides is 1. The molecule has 2 unspecified atom stereocenters. The van der Waals surface area contributed by atoms with Crippen LogP contribution in [0.5, 0.6) is 5.75 Å². The Morgan fingerprint density at radius 3 is 2.32 bits per heavy atom. The third-order valence-electron chi connectivity index (χ3n) is 5.87. The molecule has 38 heavy (non-hydrogen) atoms. The van der Waals surface area contributed by atoms with Crippen LogP contribution in [-0.4, -0.2) is 63.3 Å². The molecule has 0 aromatic heterocycles. The molecule has 2 atom stereocenters. The zero-order valence-electron chi connectivity index (χ0n) is 22.3. The summed E-state index contributed by atoms with van der Waals surface area (Å²) in [6.07, 6.45) is 0.795. The highest BCUT2D eigenvalue weighted by Crippen LogP contribution is 2.21. The van der Waals surface area contributed by atoms with Gasteiger partial charge in [0, 0.05) is 42.3 Å². The summed E-state index contributed by atoms with van der Waals surface area (Å²) in [5.41, 5.74) is 8.28. The molecule has 0 saturated heterocycles. The van der Waals surface area contributed by atoms with E-state index in [1.807, 2.05) is 38.1 Å². The van der Waals surface area contributed by atoms with E-state index in [9.17, 15) is 13.2 Å². The number of nitrogens with one attached hydrogen (secondary N) is 1. The van der Waals surface area contributed by atoms with Crippen molar-refractivity contribution < 1.29 is 22.7 Å². The van der Waals surface area contributed by atoms with E-state index in [0.29, 0.717) is 48.9 Å². The van der Waals surface area contributed by atoms with Crippen molar-refractivity contribution in [3.63, 3.8) is 0 Å². The number of esters is 1. The van der Waals surface area contributed by atoms with Crippen LogP contribution in [0.1, 0.15) is 44.2 Å². The van der Waals surface area contributed by atoms with Gasteiger partial charge in [0.25, 0.3) is 0 Å². The second-order valence-corrected chi connectivity index (χ2v) is 12.1. The molecule has 0 radical (unpaired) electrons. The summed E-state index contributed by atoms with van der Waals surface area (Å²) in [6.45, 7) is 5.46. The molecule has 0 aliphatic carbocycles. The van der Waals surface area contributed by atoms with Gasteiger partial charge in [-0.15, -0.1) is 0 Å². The van der Waals surface area contributed by atoms with E-state index in [-0.39, 0.29) is 18.7 Å². The Morgan fingerprint density at radius 1 is 1.05 bits per heavy atom. The Kier molecular flexibility index (Phi) is 13.8. The summed E-state index contributed by atoms with van der Waals surface area (Å²) in [5.74, 6) is -0.188. The number of carbonyl (C=O) groups excluding carboxylic acids is 1. The average molecular weight is 589 g/mol. The minimum atomic E-state index is -3.57. The predicted molar refractivity (Wildman–Crippen MR) is 153 cm³/mol. The summed E-state index contributed by atoms with van der Waals surface area (Å²) >= 11 is 12.3. The number of ether oxygens (including phenoxy) is 2. The number of nitrogens with two attached hydrogens (primary N) is 1. The van der Waals surface area contributed by atoms with Crippen LogP contribution >= 0.6 is 23.2 Å². The Hall–Kier alpha value is -1.88. The van der Waals surface area contributed by atoms with Crippen molar-refractivity contribution in [2.24, 2.45) is 5.73 Å². The van der Waals surface area contributed by atoms with E-state index in [1.165, 1.54) is 4.31 Å². The lowest BCUT2D eigenvalue weighted by molar-refractivity contribution is -0.149. The quantitative estimate of drug-likeness (QED) is 0.263. The number of halogens is 2. The molecule has 0 heterocycles. The van der Waals surface area contributed by atoms with Crippen LogP contribution in [0, 0.1) is 0 Å². The molecule has 0 saturated carbocycles. The standard InChI is InChI=1S/C27H39Cl2N3O5S/c1-4-10-32(11-5-2)38(34,35)12-9-27(33)37-26(19-31-18-20-7-6-8-24(15-20)36-3)25(30)16-21-13-22(28)17-23(29)14-21/h6-8,13-15,17,25-26,31H,4-5,9-12,16,18-19,30H2,1-3H3. The van der Waals surface area contributed by atoms with Crippen LogP contribution in [0.25, 0.3) is 0 Å². The first-order valence-electron chi connectivity index (χ1n) is 12.8. The molecule has 2 aromatic carbocycles. The van der Waals surface area contributed by atoms with Gasteiger partial charge in [-0.05, 0) is 60.7 Å². The zero-order chi connectivity index (χ0) is 28.1. The van der Waals surface area contributed by atoms with Crippen molar-refractivity contribution in [3.05, 3.63) is 63.6 Å². The fourth-order valence-electron chi connectivity index (χ4n) is 4.01. The lowest BCUT2D eigenvalue weighted by Crippen LogP contribution is -2.46. The second kappa shape index (κ2) is 16.3. The molecule has 2 rings (SSSR count). The van der Waals surface area contributed by atoms with Gasteiger partial charge in [0.05, 0.1) is 19.3 Å². The van der Waals surface area contributed by atoms with E-state index in [0.717, 1.165) is 16.9 Å². The Morgan fingerprint density at radius 2 is 1.71 bits per heavy atom. The van der Waals surface area contributed by atoms with E-state index in [2.05, 4.69) is 5.32 Å². The molecule has 0 aliphatic rings. The van der Waals surface area contributed by atoms with Crippen LogP contribution in [0.15, 0.2) is 42.5 Å². The molecular weight excluding hydrogens is 549 g/mol. The molecule has 11 heteroatoms. The van der Waals surface area contributed by atoms with Gasteiger partial charge >= 0.3 is 5.97 Å². The molecule has 3 N–H and O–H groups in total. The van der Waals surface area contributed by atoms with Crippen LogP contribution < -0.4 is 15.8 Å². The third-order valence-corrected chi connectivity index (χ3v) is 8.17. The number of benzene rings is 2. The van der Waals surface area contributed by atoms with Gasteiger partial charge < -0.3 is 20.5 Å². The van der Waals surface area contributed by atoms with Gasteiger partial charge in [0.2, 0.25) is 10.0 Å². The molecule has 0 aliphatic heterocycles. The first kappa shape index (κ1) is 32.3. The van der Waals surface area contributed by atoms with Gasteiger partial charge in [-0.1, -0.05) is 49.2 Å². The van der Waals surface area contributed by atoms with E-state index >= 15 is 0 Å². The summed E-state index contributed by atoms with van der Waals surface area (Å²) in [7, 11) is -1.97. The highest BCUT2D eigenvalue weighted by atomic mass is 35.5. The maximum atomic E-state index is 12.8. The van der Waals surface area contributed by atoms with E-state index < -0.39 is 28.1 Å². The number of nitrogens with zero attached hydrogens (tertiary/aromatic N) is 1. The van der Waals surface area contributed by atoms with Gasteiger partial charge in [-0.2, -0.15) is 0 Å². The number of hydrogen-bond donors (Lipinski definition) is 2. The summed E-state index contributed by atoms with van der Waals surface area (Å²) < 4.78 is 38.0. The first-order valence-corrected chi connectivity index (χ1v) is 15.2. The Bertz CT molecular complexity index is 1110. The summed E-state index contributed by atoms with van der Waals surface area (Å²) in [6, 6.07) is 12.2. The molecular formula is C27H39Cl2N3O5S. The van der Waals surface area contributed by atoms with Crippen molar-refractivity contribution in [1.82, 2.24) is 9.62 Å². The van der Waals surface area contributed by atoms with E-state index in [1.54, 1.807) is 25.3 Å². The Labute approximate surface area is 236 Å².